The molecule has 2 heterocycles. The van der Waals surface area contributed by atoms with Crippen molar-refractivity contribution >= 4 is 29.1 Å². The number of amides is 2. The number of anilines is 1. The van der Waals surface area contributed by atoms with Gasteiger partial charge in [-0.1, -0.05) is 11.6 Å². The van der Waals surface area contributed by atoms with E-state index in [1.165, 1.54) is 24.3 Å². The Balaban J connectivity index is 1.44. The van der Waals surface area contributed by atoms with Gasteiger partial charge in [0.1, 0.15) is 5.82 Å². The molecule has 8 heteroatoms. The van der Waals surface area contributed by atoms with Crippen molar-refractivity contribution in [2.75, 3.05) is 31.6 Å². The van der Waals surface area contributed by atoms with E-state index >= 15 is 0 Å². The van der Waals surface area contributed by atoms with Crippen LogP contribution in [0.2, 0.25) is 5.02 Å². The van der Waals surface area contributed by atoms with Gasteiger partial charge in [0.2, 0.25) is 5.91 Å². The predicted octanol–water partition coefficient (Wildman–Crippen LogP) is 4.13. The number of halogens is 2. The summed E-state index contributed by atoms with van der Waals surface area (Å²) in [6, 6.07) is 8.74. The molecule has 2 aliphatic heterocycles. The maximum absolute atomic E-state index is 13.1. The zero-order valence-electron chi connectivity index (χ0n) is 16.3. The van der Waals surface area contributed by atoms with E-state index in [9.17, 15) is 14.0 Å². The maximum Gasteiger partial charge on any atom is 0.253 e. The first kappa shape index (κ1) is 20.5. The number of likely N-dealkylation sites (tertiary alicyclic amines) is 1. The lowest BCUT2D eigenvalue weighted by atomic mass is 9.96. The predicted molar refractivity (Wildman–Crippen MR) is 111 cm³/mol. The Morgan fingerprint density at radius 1 is 1.07 bits per heavy atom. The van der Waals surface area contributed by atoms with Crippen LogP contribution in [-0.2, 0) is 4.79 Å². The summed E-state index contributed by atoms with van der Waals surface area (Å²) in [5, 5.41) is 3.23. The number of nitrogens with one attached hydrogen (secondary N) is 1. The van der Waals surface area contributed by atoms with E-state index in [1.54, 1.807) is 17.0 Å². The van der Waals surface area contributed by atoms with E-state index in [-0.39, 0.29) is 17.7 Å². The highest BCUT2D eigenvalue weighted by Gasteiger charge is 2.29. The van der Waals surface area contributed by atoms with Gasteiger partial charge in [0, 0.05) is 37.2 Å². The monoisotopic (exact) mass is 432 g/mol. The minimum atomic E-state index is -0.394. The molecule has 1 saturated heterocycles. The number of carbonyl (C=O) groups is 2. The zero-order valence-corrected chi connectivity index (χ0v) is 17.1. The zero-order chi connectivity index (χ0) is 21.1. The van der Waals surface area contributed by atoms with Crippen LogP contribution >= 0.6 is 11.6 Å². The molecule has 0 bridgehead atoms. The molecule has 0 aromatic heterocycles. The van der Waals surface area contributed by atoms with E-state index in [0.29, 0.717) is 66.9 Å². The van der Waals surface area contributed by atoms with E-state index in [4.69, 9.17) is 21.1 Å². The highest BCUT2D eigenvalue weighted by Crippen LogP contribution is 2.38. The Morgan fingerprint density at radius 2 is 1.77 bits per heavy atom. The van der Waals surface area contributed by atoms with Gasteiger partial charge < -0.3 is 19.7 Å². The van der Waals surface area contributed by atoms with Crippen LogP contribution in [0.5, 0.6) is 11.5 Å². The summed E-state index contributed by atoms with van der Waals surface area (Å²) in [6.07, 6.45) is 2.15. The van der Waals surface area contributed by atoms with Crippen LogP contribution in [0, 0.1) is 11.7 Å². The largest absolute Gasteiger partial charge is 0.490 e. The lowest BCUT2D eigenvalue weighted by molar-refractivity contribution is -0.121. The second kappa shape index (κ2) is 8.92. The highest BCUT2D eigenvalue weighted by molar-refractivity contribution is 6.34. The third-order valence-electron chi connectivity index (χ3n) is 5.27. The van der Waals surface area contributed by atoms with Gasteiger partial charge in [-0.3, -0.25) is 9.59 Å². The van der Waals surface area contributed by atoms with Crippen molar-refractivity contribution < 1.29 is 23.5 Å². The number of ether oxygens (including phenoxy) is 2. The molecule has 4 rings (SSSR count). The van der Waals surface area contributed by atoms with Gasteiger partial charge in [0.05, 0.1) is 29.8 Å². The molecule has 6 nitrogen and oxygen atoms in total. The molecule has 1 fully saturated rings. The molecule has 1 unspecified atom stereocenters. The van der Waals surface area contributed by atoms with Crippen molar-refractivity contribution in [3.05, 3.63) is 52.8 Å². The van der Waals surface area contributed by atoms with Gasteiger partial charge in [-0.15, -0.1) is 0 Å². The number of fused-ring (bicyclic) bond motifs is 1. The summed E-state index contributed by atoms with van der Waals surface area (Å²) in [4.78, 5) is 27.2. The number of rotatable bonds is 3. The fourth-order valence-electron chi connectivity index (χ4n) is 3.67. The Labute approximate surface area is 178 Å². The second-order valence-electron chi connectivity index (χ2n) is 7.42. The summed E-state index contributed by atoms with van der Waals surface area (Å²) in [7, 11) is 0. The fourth-order valence-corrected chi connectivity index (χ4v) is 3.87. The molecule has 1 atom stereocenters. The van der Waals surface area contributed by atoms with Crippen LogP contribution < -0.4 is 14.8 Å². The van der Waals surface area contributed by atoms with Gasteiger partial charge in [-0.2, -0.15) is 0 Å². The quantitative estimate of drug-likeness (QED) is 0.791. The average Bonchev–Trinajstić information content (AvgIpc) is 2.99. The third kappa shape index (κ3) is 4.51. The normalized spacial score (nSPS) is 18.5. The number of hydrogen-bond acceptors (Lipinski definition) is 4. The molecule has 0 aliphatic carbocycles. The Bertz CT molecular complexity index is 951. The second-order valence-corrected chi connectivity index (χ2v) is 7.82. The Hall–Kier alpha value is -2.80. The van der Waals surface area contributed by atoms with Crippen LogP contribution in [0.3, 0.4) is 0 Å². The first-order valence-electron chi connectivity index (χ1n) is 9.96. The van der Waals surface area contributed by atoms with Crippen LogP contribution in [0.25, 0.3) is 0 Å². The van der Waals surface area contributed by atoms with E-state index < -0.39 is 5.82 Å². The summed E-state index contributed by atoms with van der Waals surface area (Å²) in [6.45, 7) is 1.94. The van der Waals surface area contributed by atoms with Gasteiger partial charge in [-0.05, 0) is 37.1 Å². The molecule has 2 aromatic rings. The third-order valence-corrected chi connectivity index (χ3v) is 5.58. The fraction of sp³-hybridized carbons (Fsp3) is 0.364. The smallest absolute Gasteiger partial charge is 0.253 e. The van der Waals surface area contributed by atoms with Crippen LogP contribution in [0.4, 0.5) is 10.1 Å². The van der Waals surface area contributed by atoms with Crippen LogP contribution in [0.1, 0.15) is 29.6 Å². The van der Waals surface area contributed by atoms with Gasteiger partial charge in [0.25, 0.3) is 5.91 Å². The lowest BCUT2D eigenvalue weighted by Gasteiger charge is -2.32. The molecule has 0 radical (unpaired) electrons. The average molecular weight is 433 g/mol. The van der Waals surface area contributed by atoms with Crippen molar-refractivity contribution in [2.24, 2.45) is 5.92 Å². The van der Waals surface area contributed by atoms with Crippen LogP contribution in [-0.4, -0.2) is 43.0 Å². The molecule has 0 spiro atoms. The minimum absolute atomic E-state index is 0.206. The minimum Gasteiger partial charge on any atom is -0.490 e. The molecular weight excluding hydrogens is 411 g/mol. The van der Waals surface area contributed by atoms with Crippen molar-refractivity contribution in [2.45, 2.75) is 19.3 Å². The molecule has 2 amide bonds. The van der Waals surface area contributed by atoms with Crippen LogP contribution in [0.15, 0.2) is 36.4 Å². The molecule has 158 valence electrons. The number of hydrogen-bond donors (Lipinski definition) is 1. The molecule has 1 N–H and O–H groups in total. The SMILES string of the molecule is O=C(Nc1cc2c(cc1Cl)OCCCO2)C1CCCN(C(=O)c2ccc(F)cc2)C1. The van der Waals surface area contributed by atoms with E-state index in [2.05, 4.69) is 5.32 Å². The van der Waals surface area contributed by atoms with E-state index in [0.717, 1.165) is 6.42 Å². The van der Waals surface area contributed by atoms with Crippen molar-refractivity contribution in [3.63, 3.8) is 0 Å². The molecule has 0 saturated carbocycles. The standard InChI is InChI=1S/C22H22ClFN2O4/c23-17-11-19-20(30-10-2-9-29-19)12-18(17)25-21(27)15-3-1-8-26(13-15)22(28)14-4-6-16(24)7-5-14/h4-7,11-12,15H,1-3,8-10,13H2,(H,25,27). The number of carbonyl (C=O) groups excluding carboxylic acids is 2. The Morgan fingerprint density at radius 3 is 2.50 bits per heavy atom. The molecular formula is C22H22ClFN2O4. The number of nitrogens with zero attached hydrogens (tertiary/aromatic N) is 1. The number of benzene rings is 2. The molecule has 30 heavy (non-hydrogen) atoms. The summed E-state index contributed by atoms with van der Waals surface area (Å²) >= 11 is 6.32. The van der Waals surface area contributed by atoms with Crippen molar-refractivity contribution in [3.8, 4) is 11.5 Å². The first-order valence-corrected chi connectivity index (χ1v) is 10.3. The topological polar surface area (TPSA) is 67.9 Å². The highest BCUT2D eigenvalue weighted by atomic mass is 35.5. The van der Waals surface area contributed by atoms with E-state index in [1.807, 2.05) is 0 Å². The Kier molecular flexibility index (Phi) is 6.08. The summed E-state index contributed by atoms with van der Waals surface area (Å²) in [5.41, 5.74) is 0.858. The first-order chi connectivity index (χ1) is 14.5. The van der Waals surface area contributed by atoms with Crippen molar-refractivity contribution in [1.82, 2.24) is 4.90 Å². The lowest BCUT2D eigenvalue weighted by Crippen LogP contribution is -2.43. The van der Waals surface area contributed by atoms with Gasteiger partial charge in [0.15, 0.2) is 11.5 Å². The van der Waals surface area contributed by atoms with Crippen molar-refractivity contribution in [1.29, 1.82) is 0 Å². The summed E-state index contributed by atoms with van der Waals surface area (Å²) in [5.74, 6) is -0.0676. The molecule has 2 aromatic carbocycles. The maximum atomic E-state index is 13.1. The summed E-state index contributed by atoms with van der Waals surface area (Å²) < 4.78 is 24.4. The van der Waals surface area contributed by atoms with Gasteiger partial charge in [-0.25, -0.2) is 4.39 Å². The van der Waals surface area contributed by atoms with Gasteiger partial charge >= 0.3 is 0 Å². The molecule has 2 aliphatic rings. The number of piperidine rings is 1.